The third-order valence-corrected chi connectivity index (χ3v) is 3.57. The third kappa shape index (κ3) is 2.79. The van der Waals surface area contributed by atoms with Gasteiger partial charge in [0.25, 0.3) is 0 Å². The Balaban J connectivity index is 2.48. The quantitative estimate of drug-likeness (QED) is 0.920. The second-order valence-electron chi connectivity index (χ2n) is 4.75. The molecule has 20 heavy (non-hydrogen) atoms. The van der Waals surface area contributed by atoms with Crippen LogP contribution in [0.15, 0.2) is 30.3 Å². The summed E-state index contributed by atoms with van der Waals surface area (Å²) >= 11 is 5.73. The molecular formula is C16H16ClFO2. The molecule has 0 aliphatic heterocycles. The summed E-state index contributed by atoms with van der Waals surface area (Å²) in [4.78, 5) is 0. The Morgan fingerprint density at radius 1 is 1.10 bits per heavy atom. The van der Waals surface area contributed by atoms with Crippen LogP contribution in [0.2, 0.25) is 5.02 Å². The second-order valence-corrected chi connectivity index (χ2v) is 5.18. The molecule has 0 amide bonds. The lowest BCUT2D eigenvalue weighted by molar-refractivity contribution is 0.214. The van der Waals surface area contributed by atoms with Crippen molar-refractivity contribution in [3.8, 4) is 5.75 Å². The van der Waals surface area contributed by atoms with Gasteiger partial charge >= 0.3 is 0 Å². The number of aryl methyl sites for hydroxylation is 2. The van der Waals surface area contributed by atoms with Gasteiger partial charge in [0.1, 0.15) is 17.7 Å². The van der Waals surface area contributed by atoms with Gasteiger partial charge in [-0.25, -0.2) is 4.39 Å². The Kier molecular flexibility index (Phi) is 4.31. The maximum absolute atomic E-state index is 13.9. The zero-order valence-electron chi connectivity index (χ0n) is 11.6. The average Bonchev–Trinajstić information content (AvgIpc) is 2.40. The van der Waals surface area contributed by atoms with Crippen LogP contribution in [0.4, 0.5) is 4.39 Å². The predicted molar refractivity (Wildman–Crippen MR) is 77.9 cm³/mol. The number of hydrogen-bond acceptors (Lipinski definition) is 2. The van der Waals surface area contributed by atoms with E-state index in [1.54, 1.807) is 13.2 Å². The molecule has 2 aromatic carbocycles. The van der Waals surface area contributed by atoms with Crippen LogP contribution in [0.5, 0.6) is 5.75 Å². The van der Waals surface area contributed by atoms with Crippen molar-refractivity contribution in [2.75, 3.05) is 7.11 Å². The number of hydrogen-bond donors (Lipinski definition) is 1. The Labute approximate surface area is 122 Å². The molecule has 0 fully saturated rings. The molecule has 2 nitrogen and oxygen atoms in total. The SMILES string of the molecule is COc1cc(C)c(C(O)c2ccc(Cl)cc2F)cc1C. The van der Waals surface area contributed by atoms with Gasteiger partial charge in [-0.05, 0) is 54.8 Å². The van der Waals surface area contributed by atoms with Gasteiger partial charge in [-0.3, -0.25) is 0 Å². The maximum Gasteiger partial charge on any atom is 0.130 e. The number of benzene rings is 2. The molecule has 0 saturated carbocycles. The lowest BCUT2D eigenvalue weighted by Gasteiger charge is -2.17. The van der Waals surface area contributed by atoms with Crippen molar-refractivity contribution in [3.63, 3.8) is 0 Å². The lowest BCUT2D eigenvalue weighted by Crippen LogP contribution is -2.05. The van der Waals surface area contributed by atoms with Crippen LogP contribution in [0.3, 0.4) is 0 Å². The summed E-state index contributed by atoms with van der Waals surface area (Å²) < 4.78 is 19.1. The van der Waals surface area contributed by atoms with Crippen LogP contribution < -0.4 is 4.74 Å². The van der Waals surface area contributed by atoms with E-state index in [-0.39, 0.29) is 5.56 Å². The van der Waals surface area contributed by atoms with Crippen LogP contribution in [0.25, 0.3) is 0 Å². The number of aliphatic hydroxyl groups excluding tert-OH is 1. The summed E-state index contributed by atoms with van der Waals surface area (Å²) in [6.07, 6.45) is -1.03. The standard InChI is InChI=1S/C16H16ClFO2/c1-9-7-15(20-3)10(2)6-13(9)16(19)12-5-4-11(17)8-14(12)18/h4-8,16,19H,1-3H3. The molecule has 0 bridgehead atoms. The molecule has 2 aromatic rings. The first-order valence-corrected chi connectivity index (χ1v) is 6.60. The molecule has 0 aromatic heterocycles. The zero-order valence-corrected chi connectivity index (χ0v) is 12.3. The molecule has 0 saturated heterocycles. The summed E-state index contributed by atoms with van der Waals surface area (Å²) in [5, 5.41) is 10.7. The zero-order chi connectivity index (χ0) is 14.9. The Bertz CT molecular complexity index is 641. The Hall–Kier alpha value is -1.58. The molecule has 0 heterocycles. The van der Waals surface area contributed by atoms with Crippen molar-refractivity contribution in [2.24, 2.45) is 0 Å². The molecule has 1 unspecified atom stereocenters. The number of rotatable bonds is 3. The largest absolute Gasteiger partial charge is 0.496 e. The molecule has 106 valence electrons. The first kappa shape index (κ1) is 14.8. The van der Waals surface area contributed by atoms with E-state index >= 15 is 0 Å². The van der Waals surface area contributed by atoms with E-state index < -0.39 is 11.9 Å². The van der Waals surface area contributed by atoms with Crippen LogP contribution >= 0.6 is 11.6 Å². The minimum absolute atomic E-state index is 0.210. The highest BCUT2D eigenvalue weighted by Crippen LogP contribution is 2.31. The topological polar surface area (TPSA) is 29.5 Å². The molecule has 1 atom stereocenters. The van der Waals surface area contributed by atoms with Crippen molar-refractivity contribution in [3.05, 3.63) is 63.4 Å². The van der Waals surface area contributed by atoms with Crippen molar-refractivity contribution in [1.82, 2.24) is 0 Å². The average molecular weight is 295 g/mol. The first-order chi connectivity index (χ1) is 9.43. The normalized spacial score (nSPS) is 12.3. The molecule has 2 rings (SSSR count). The third-order valence-electron chi connectivity index (χ3n) is 3.34. The monoisotopic (exact) mass is 294 g/mol. The number of ether oxygens (including phenoxy) is 1. The van der Waals surface area contributed by atoms with E-state index in [2.05, 4.69) is 0 Å². The van der Waals surface area contributed by atoms with E-state index in [9.17, 15) is 9.50 Å². The molecule has 0 radical (unpaired) electrons. The number of halogens is 2. The van der Waals surface area contributed by atoms with E-state index in [4.69, 9.17) is 16.3 Å². The van der Waals surface area contributed by atoms with E-state index in [1.807, 2.05) is 26.0 Å². The van der Waals surface area contributed by atoms with Crippen molar-refractivity contribution in [1.29, 1.82) is 0 Å². The van der Waals surface area contributed by atoms with Crippen LogP contribution in [0.1, 0.15) is 28.4 Å². The van der Waals surface area contributed by atoms with Gasteiger partial charge in [0, 0.05) is 10.6 Å². The Morgan fingerprint density at radius 2 is 1.80 bits per heavy atom. The minimum Gasteiger partial charge on any atom is -0.496 e. The first-order valence-electron chi connectivity index (χ1n) is 6.22. The smallest absolute Gasteiger partial charge is 0.130 e. The van der Waals surface area contributed by atoms with Crippen molar-refractivity contribution < 1.29 is 14.2 Å². The fraction of sp³-hybridized carbons (Fsp3) is 0.250. The van der Waals surface area contributed by atoms with Gasteiger partial charge in [-0.1, -0.05) is 17.7 Å². The number of aliphatic hydroxyl groups is 1. The molecule has 0 spiro atoms. The molecular weight excluding hydrogens is 279 g/mol. The van der Waals surface area contributed by atoms with E-state index in [1.165, 1.54) is 12.1 Å². The second kappa shape index (κ2) is 5.81. The van der Waals surface area contributed by atoms with Crippen LogP contribution in [-0.2, 0) is 0 Å². The molecule has 0 aliphatic rings. The highest BCUT2D eigenvalue weighted by molar-refractivity contribution is 6.30. The minimum atomic E-state index is -1.03. The molecule has 1 N–H and O–H groups in total. The Morgan fingerprint density at radius 3 is 2.40 bits per heavy atom. The van der Waals surface area contributed by atoms with Gasteiger partial charge in [0.2, 0.25) is 0 Å². The van der Waals surface area contributed by atoms with E-state index in [0.717, 1.165) is 16.9 Å². The van der Waals surface area contributed by atoms with Gasteiger partial charge in [-0.2, -0.15) is 0 Å². The van der Waals surface area contributed by atoms with Gasteiger partial charge < -0.3 is 9.84 Å². The molecule has 4 heteroatoms. The van der Waals surface area contributed by atoms with Crippen molar-refractivity contribution >= 4 is 11.6 Å². The highest BCUT2D eigenvalue weighted by atomic mass is 35.5. The van der Waals surface area contributed by atoms with Gasteiger partial charge in [-0.15, -0.1) is 0 Å². The summed E-state index contributed by atoms with van der Waals surface area (Å²) in [5.74, 6) is 0.230. The van der Waals surface area contributed by atoms with Gasteiger partial charge in [0.15, 0.2) is 0 Å². The summed E-state index contributed by atoms with van der Waals surface area (Å²) in [6.45, 7) is 3.74. The maximum atomic E-state index is 13.9. The summed E-state index contributed by atoms with van der Waals surface area (Å²) in [5.41, 5.74) is 2.60. The fourth-order valence-corrected chi connectivity index (χ4v) is 2.38. The van der Waals surface area contributed by atoms with Crippen molar-refractivity contribution in [2.45, 2.75) is 20.0 Å². The summed E-state index contributed by atoms with van der Waals surface area (Å²) in [6, 6.07) is 7.91. The van der Waals surface area contributed by atoms with Gasteiger partial charge in [0.05, 0.1) is 7.11 Å². The predicted octanol–water partition coefficient (Wildman–Crippen LogP) is 4.19. The summed E-state index contributed by atoms with van der Waals surface area (Å²) in [7, 11) is 1.59. The fourth-order valence-electron chi connectivity index (χ4n) is 2.22. The van der Waals surface area contributed by atoms with Crippen LogP contribution in [0, 0.1) is 19.7 Å². The lowest BCUT2D eigenvalue weighted by atomic mass is 9.95. The number of methoxy groups -OCH3 is 1. The van der Waals surface area contributed by atoms with E-state index in [0.29, 0.717) is 10.6 Å². The molecule has 0 aliphatic carbocycles. The van der Waals surface area contributed by atoms with Crippen LogP contribution in [-0.4, -0.2) is 12.2 Å². The highest BCUT2D eigenvalue weighted by Gasteiger charge is 2.18.